The van der Waals surface area contributed by atoms with Gasteiger partial charge in [-0.15, -0.1) is 11.3 Å². The van der Waals surface area contributed by atoms with E-state index in [0.29, 0.717) is 6.54 Å². The number of nitrogens with one attached hydrogen (secondary N) is 1. The number of thiophene rings is 1. The highest BCUT2D eigenvalue weighted by Crippen LogP contribution is 2.25. The minimum Gasteiger partial charge on any atom is -0.619 e. The van der Waals surface area contributed by atoms with Crippen LogP contribution in [0.4, 0.5) is 5.82 Å². The molecule has 8 heteroatoms. The van der Waals surface area contributed by atoms with Crippen molar-refractivity contribution in [3.05, 3.63) is 65.1 Å². The van der Waals surface area contributed by atoms with Gasteiger partial charge in [0.05, 0.1) is 10.6 Å². The van der Waals surface area contributed by atoms with Crippen LogP contribution in [0.25, 0.3) is 16.2 Å². The summed E-state index contributed by atoms with van der Waals surface area (Å²) in [5.41, 5.74) is 3.67. The first-order chi connectivity index (χ1) is 11.7. The number of aromatic nitrogens is 4. The summed E-state index contributed by atoms with van der Waals surface area (Å²) in [6.45, 7) is 0.533. The normalized spacial score (nSPS) is 11.0. The predicted molar refractivity (Wildman–Crippen MR) is 97.2 cm³/mol. The lowest BCUT2D eigenvalue weighted by molar-refractivity contribution is -0.605. The van der Waals surface area contributed by atoms with Crippen molar-refractivity contribution in [2.45, 2.75) is 6.54 Å². The minimum atomic E-state index is 0.533. The minimum absolute atomic E-state index is 0.533. The van der Waals surface area contributed by atoms with Crippen molar-refractivity contribution in [1.29, 1.82) is 0 Å². The highest BCUT2D eigenvalue weighted by atomic mass is 32.1. The van der Waals surface area contributed by atoms with Gasteiger partial charge in [0.1, 0.15) is 13.7 Å². The Balaban J connectivity index is 1.73. The molecule has 6 nitrogen and oxygen atoms in total. The van der Waals surface area contributed by atoms with E-state index in [9.17, 15) is 5.21 Å². The van der Waals surface area contributed by atoms with Gasteiger partial charge in [-0.25, -0.2) is 4.98 Å². The molecular formula is C16H14BN5OS. The topological polar surface area (TPSA) is 69.2 Å². The fraction of sp³-hybridized carbons (Fsp3) is 0.0625. The molecule has 0 bridgehead atoms. The van der Waals surface area contributed by atoms with E-state index in [4.69, 9.17) is 4.98 Å². The maximum atomic E-state index is 11.4. The summed E-state index contributed by atoms with van der Waals surface area (Å²) >= 11 is 1.65. The Morgan fingerprint density at radius 3 is 3.04 bits per heavy atom. The highest BCUT2D eigenvalue weighted by molar-refractivity contribution is 7.13. The summed E-state index contributed by atoms with van der Waals surface area (Å²) < 4.78 is 2.59. The van der Waals surface area contributed by atoms with Gasteiger partial charge in [0, 0.05) is 30.4 Å². The first-order valence-corrected chi connectivity index (χ1v) is 8.39. The maximum absolute atomic E-state index is 11.4. The van der Waals surface area contributed by atoms with Crippen molar-refractivity contribution in [2.24, 2.45) is 0 Å². The van der Waals surface area contributed by atoms with Crippen molar-refractivity contribution in [3.8, 4) is 10.6 Å². The fourth-order valence-electron chi connectivity index (χ4n) is 2.55. The predicted octanol–water partition coefficient (Wildman–Crippen LogP) is 0.962. The van der Waals surface area contributed by atoms with Gasteiger partial charge in [-0.1, -0.05) is 6.07 Å². The van der Waals surface area contributed by atoms with Crippen LogP contribution in [0.1, 0.15) is 5.56 Å². The Bertz CT molecular complexity index is 999. The molecule has 0 aliphatic rings. The maximum Gasteiger partial charge on any atom is 0.185 e. The van der Waals surface area contributed by atoms with Crippen molar-refractivity contribution in [3.63, 3.8) is 0 Å². The molecule has 0 aliphatic carbocycles. The summed E-state index contributed by atoms with van der Waals surface area (Å²) in [4.78, 5) is 5.83. The molecule has 0 spiro atoms. The van der Waals surface area contributed by atoms with Gasteiger partial charge in [0.15, 0.2) is 18.0 Å². The van der Waals surface area contributed by atoms with Crippen LogP contribution >= 0.6 is 11.3 Å². The molecule has 0 amide bonds. The first-order valence-electron chi connectivity index (χ1n) is 7.51. The third-order valence-electron chi connectivity index (χ3n) is 3.73. The third-order valence-corrected chi connectivity index (χ3v) is 4.62. The summed E-state index contributed by atoms with van der Waals surface area (Å²) in [6, 6.07) is 9.70. The number of pyridine rings is 1. The molecule has 0 unspecified atom stereocenters. The average Bonchev–Trinajstić information content (AvgIpc) is 3.23. The van der Waals surface area contributed by atoms with E-state index in [-0.39, 0.29) is 0 Å². The molecule has 0 atom stereocenters. The Hall–Kier alpha value is -2.87. The zero-order chi connectivity index (χ0) is 16.5. The van der Waals surface area contributed by atoms with Gasteiger partial charge in [-0.05, 0) is 23.0 Å². The average molecular weight is 335 g/mol. The lowest BCUT2D eigenvalue weighted by Crippen LogP contribution is -2.25. The largest absolute Gasteiger partial charge is 0.619 e. The molecular weight excluding hydrogens is 321 g/mol. The molecule has 4 heterocycles. The van der Waals surface area contributed by atoms with Gasteiger partial charge < -0.3 is 10.5 Å². The van der Waals surface area contributed by atoms with E-state index in [1.807, 2.05) is 31.4 Å². The molecule has 1 N–H and O–H groups in total. The van der Waals surface area contributed by atoms with Crippen LogP contribution in [0, 0.1) is 5.21 Å². The van der Waals surface area contributed by atoms with Crippen LogP contribution in [0.5, 0.6) is 0 Å². The summed E-state index contributed by atoms with van der Waals surface area (Å²) in [7, 11) is 1.99. The van der Waals surface area contributed by atoms with Crippen molar-refractivity contribution in [1.82, 2.24) is 14.6 Å². The van der Waals surface area contributed by atoms with Crippen LogP contribution in [-0.2, 0) is 6.54 Å². The van der Waals surface area contributed by atoms with E-state index in [2.05, 4.69) is 16.5 Å². The van der Waals surface area contributed by atoms with E-state index >= 15 is 0 Å². The molecule has 4 aromatic rings. The standard InChI is InChI=1S/C16H14BN5OS/c17-12-9-19-22-15(18-8-11-3-1-5-21(23)10-11)7-13(20-16(12)22)14-4-2-6-24-14/h1-7,9-10,18H,8,17H2. The molecule has 0 saturated heterocycles. The zero-order valence-electron chi connectivity index (χ0n) is 13.0. The first kappa shape index (κ1) is 14.7. The lowest BCUT2D eigenvalue weighted by Gasteiger charge is -2.10. The second-order valence-electron chi connectivity index (χ2n) is 5.49. The Morgan fingerprint density at radius 2 is 2.25 bits per heavy atom. The molecule has 0 radical (unpaired) electrons. The fourth-order valence-corrected chi connectivity index (χ4v) is 3.23. The van der Waals surface area contributed by atoms with E-state index in [0.717, 1.165) is 37.8 Å². The van der Waals surface area contributed by atoms with Gasteiger partial charge in [0.2, 0.25) is 0 Å². The molecule has 0 saturated carbocycles. The van der Waals surface area contributed by atoms with Crippen LogP contribution in [-0.4, -0.2) is 22.4 Å². The number of rotatable bonds is 4. The molecule has 118 valence electrons. The molecule has 4 rings (SSSR count). The highest BCUT2D eigenvalue weighted by Gasteiger charge is 2.11. The van der Waals surface area contributed by atoms with Crippen molar-refractivity contribution >= 4 is 36.1 Å². The Kier molecular flexibility index (Phi) is 3.66. The van der Waals surface area contributed by atoms with E-state index in [1.165, 1.54) is 6.20 Å². The van der Waals surface area contributed by atoms with Crippen LogP contribution < -0.4 is 15.5 Å². The smallest absolute Gasteiger partial charge is 0.185 e. The monoisotopic (exact) mass is 335 g/mol. The van der Waals surface area contributed by atoms with Crippen LogP contribution in [0.3, 0.4) is 0 Å². The number of nitrogens with zero attached hydrogens (tertiary/aromatic N) is 4. The number of hydrogen-bond acceptors (Lipinski definition) is 5. The van der Waals surface area contributed by atoms with E-state index < -0.39 is 0 Å². The van der Waals surface area contributed by atoms with Gasteiger partial charge in [-0.3, -0.25) is 0 Å². The second-order valence-corrected chi connectivity index (χ2v) is 6.44. The van der Waals surface area contributed by atoms with E-state index in [1.54, 1.807) is 34.3 Å². The van der Waals surface area contributed by atoms with Crippen LogP contribution in [0.15, 0.2) is 54.3 Å². The Morgan fingerprint density at radius 1 is 1.33 bits per heavy atom. The molecule has 0 fully saturated rings. The number of hydrogen-bond donors (Lipinski definition) is 1. The number of anilines is 1. The second kappa shape index (κ2) is 5.97. The Labute approximate surface area is 143 Å². The molecule has 0 aliphatic heterocycles. The quantitative estimate of drug-likeness (QED) is 0.343. The summed E-state index contributed by atoms with van der Waals surface area (Å²) in [5.74, 6) is 0.845. The summed E-state index contributed by atoms with van der Waals surface area (Å²) in [6.07, 6.45) is 4.83. The summed E-state index contributed by atoms with van der Waals surface area (Å²) in [5, 5.41) is 21.2. The van der Waals surface area contributed by atoms with Gasteiger partial charge >= 0.3 is 0 Å². The number of fused-ring (bicyclic) bond motifs is 1. The van der Waals surface area contributed by atoms with Gasteiger partial charge in [-0.2, -0.15) is 14.3 Å². The lowest BCUT2D eigenvalue weighted by atomic mass is 10.0. The third kappa shape index (κ3) is 2.72. The molecule has 24 heavy (non-hydrogen) atoms. The van der Waals surface area contributed by atoms with Crippen molar-refractivity contribution in [2.75, 3.05) is 5.32 Å². The van der Waals surface area contributed by atoms with Gasteiger partial charge in [0.25, 0.3) is 0 Å². The molecule has 0 aromatic carbocycles. The van der Waals surface area contributed by atoms with Crippen LogP contribution in [0.2, 0.25) is 0 Å². The molecule has 4 aromatic heterocycles. The zero-order valence-corrected chi connectivity index (χ0v) is 13.8. The SMILES string of the molecule is Bc1cnn2c(NCc3ccc[n+]([O-])c3)cc(-c3cccs3)nc12. The van der Waals surface area contributed by atoms with Crippen molar-refractivity contribution < 1.29 is 4.73 Å².